The summed E-state index contributed by atoms with van der Waals surface area (Å²) in [5.74, 6) is -0.266. The number of halogens is 2. The number of hydrogen-bond donors (Lipinski definition) is 2. The fourth-order valence-corrected chi connectivity index (χ4v) is 2.74. The number of hydrogen-bond acceptors (Lipinski definition) is 3. The van der Waals surface area contributed by atoms with Crippen molar-refractivity contribution in [1.82, 2.24) is 0 Å². The van der Waals surface area contributed by atoms with Crippen molar-refractivity contribution in [3.05, 3.63) is 69.8 Å². The summed E-state index contributed by atoms with van der Waals surface area (Å²) in [4.78, 5) is 12.4. The molecule has 2 rings (SSSR count). The van der Waals surface area contributed by atoms with Gasteiger partial charge in [0.25, 0.3) is 5.91 Å². The number of nitrogens with zero attached hydrogens (tertiary/aromatic N) is 1. The van der Waals surface area contributed by atoms with Crippen molar-refractivity contribution in [1.29, 1.82) is 5.26 Å². The van der Waals surface area contributed by atoms with Crippen molar-refractivity contribution in [3.8, 4) is 6.07 Å². The van der Waals surface area contributed by atoms with Crippen LogP contribution in [0.5, 0.6) is 0 Å². The van der Waals surface area contributed by atoms with Crippen LogP contribution in [0.3, 0.4) is 0 Å². The molecule has 0 unspecified atom stereocenters. The highest BCUT2D eigenvalue weighted by molar-refractivity contribution is 6.39. The molecular formula is C19H17Cl2N3O. The van der Waals surface area contributed by atoms with Gasteiger partial charge in [0.1, 0.15) is 11.6 Å². The lowest BCUT2D eigenvalue weighted by atomic mass is 10.0. The molecule has 0 bridgehead atoms. The molecular weight excluding hydrogens is 357 g/mol. The highest BCUT2D eigenvalue weighted by Crippen LogP contribution is 2.30. The molecule has 0 fully saturated rings. The van der Waals surface area contributed by atoms with Crippen LogP contribution in [0.25, 0.3) is 0 Å². The van der Waals surface area contributed by atoms with Crippen molar-refractivity contribution in [2.45, 2.75) is 19.8 Å². The van der Waals surface area contributed by atoms with Gasteiger partial charge in [0.2, 0.25) is 0 Å². The molecule has 1 amide bonds. The Morgan fingerprint density at radius 3 is 2.36 bits per heavy atom. The number of anilines is 2. The molecule has 128 valence electrons. The van der Waals surface area contributed by atoms with Gasteiger partial charge in [-0.25, -0.2) is 0 Å². The van der Waals surface area contributed by atoms with Gasteiger partial charge >= 0.3 is 0 Å². The Kier molecular flexibility index (Phi) is 6.46. The first-order valence-electron chi connectivity index (χ1n) is 7.65. The Balaban J connectivity index is 2.21. The molecule has 0 radical (unpaired) electrons. The van der Waals surface area contributed by atoms with E-state index >= 15 is 0 Å². The average molecular weight is 374 g/mol. The Bertz CT molecular complexity index is 834. The van der Waals surface area contributed by atoms with Gasteiger partial charge in [-0.2, -0.15) is 5.26 Å². The van der Waals surface area contributed by atoms with Crippen LogP contribution in [-0.2, 0) is 4.79 Å². The first-order valence-corrected chi connectivity index (χ1v) is 8.40. The zero-order valence-corrected chi connectivity index (χ0v) is 15.3. The quantitative estimate of drug-likeness (QED) is 0.531. The molecule has 0 aromatic heterocycles. The van der Waals surface area contributed by atoms with Crippen molar-refractivity contribution in [2.24, 2.45) is 0 Å². The minimum atomic E-state index is -0.508. The van der Waals surface area contributed by atoms with Crippen LogP contribution in [0.4, 0.5) is 11.4 Å². The fraction of sp³-hybridized carbons (Fsp3) is 0.158. The number of rotatable bonds is 5. The molecule has 2 aromatic rings. The molecule has 0 aliphatic rings. The highest BCUT2D eigenvalue weighted by atomic mass is 35.5. The predicted octanol–water partition coefficient (Wildman–Crippen LogP) is 5.57. The third-order valence-electron chi connectivity index (χ3n) is 3.52. The number of carbonyl (C=O) groups is 1. The molecule has 6 heteroatoms. The van der Waals surface area contributed by atoms with Crippen LogP contribution in [0, 0.1) is 11.3 Å². The number of para-hydroxylation sites is 2. The van der Waals surface area contributed by atoms with Crippen LogP contribution in [0.2, 0.25) is 10.0 Å². The van der Waals surface area contributed by atoms with Crippen LogP contribution in [-0.4, -0.2) is 5.91 Å². The molecule has 2 aromatic carbocycles. The second-order valence-corrected chi connectivity index (χ2v) is 6.42. The van der Waals surface area contributed by atoms with Crippen molar-refractivity contribution < 1.29 is 4.79 Å². The van der Waals surface area contributed by atoms with E-state index in [0.717, 1.165) is 5.56 Å². The van der Waals surface area contributed by atoms with Crippen LogP contribution in [0.15, 0.2) is 54.2 Å². The van der Waals surface area contributed by atoms with Crippen molar-refractivity contribution in [3.63, 3.8) is 0 Å². The zero-order chi connectivity index (χ0) is 18.4. The molecule has 25 heavy (non-hydrogen) atoms. The Morgan fingerprint density at radius 1 is 1.12 bits per heavy atom. The number of nitriles is 1. The number of amides is 1. The smallest absolute Gasteiger partial charge is 0.267 e. The number of benzene rings is 2. The molecule has 0 atom stereocenters. The lowest BCUT2D eigenvalue weighted by molar-refractivity contribution is -0.112. The van der Waals surface area contributed by atoms with E-state index in [2.05, 4.69) is 10.6 Å². The van der Waals surface area contributed by atoms with Crippen LogP contribution in [0.1, 0.15) is 25.3 Å². The van der Waals surface area contributed by atoms with Gasteiger partial charge in [-0.15, -0.1) is 0 Å². The minimum absolute atomic E-state index is 0.0884. The van der Waals surface area contributed by atoms with Gasteiger partial charge in [-0.05, 0) is 29.7 Å². The summed E-state index contributed by atoms with van der Waals surface area (Å²) in [6, 6.07) is 14.4. The average Bonchev–Trinajstić information content (AvgIpc) is 2.58. The Morgan fingerprint density at radius 2 is 1.76 bits per heavy atom. The Labute approximate surface area is 157 Å². The van der Waals surface area contributed by atoms with Gasteiger partial charge < -0.3 is 10.6 Å². The second kappa shape index (κ2) is 8.57. The van der Waals surface area contributed by atoms with Crippen LogP contribution >= 0.6 is 23.2 Å². The highest BCUT2D eigenvalue weighted by Gasteiger charge is 2.13. The molecule has 0 spiro atoms. The fourth-order valence-electron chi connectivity index (χ4n) is 2.23. The molecule has 2 N–H and O–H groups in total. The summed E-state index contributed by atoms with van der Waals surface area (Å²) < 4.78 is 0. The normalized spacial score (nSPS) is 11.1. The summed E-state index contributed by atoms with van der Waals surface area (Å²) in [6.07, 6.45) is 1.29. The lowest BCUT2D eigenvalue weighted by Crippen LogP contribution is -2.16. The van der Waals surface area contributed by atoms with Gasteiger partial charge in [0, 0.05) is 11.9 Å². The number of nitrogens with one attached hydrogen (secondary N) is 2. The monoisotopic (exact) mass is 373 g/mol. The van der Waals surface area contributed by atoms with E-state index in [1.807, 2.05) is 38.1 Å². The molecule has 4 nitrogen and oxygen atoms in total. The third-order valence-corrected chi connectivity index (χ3v) is 4.15. The van der Waals surface area contributed by atoms with Gasteiger partial charge in [-0.1, -0.05) is 61.3 Å². The predicted molar refractivity (Wildman–Crippen MR) is 103 cm³/mol. The summed E-state index contributed by atoms with van der Waals surface area (Å²) >= 11 is 12.1. The second-order valence-electron chi connectivity index (χ2n) is 5.61. The molecule has 0 heterocycles. The first-order chi connectivity index (χ1) is 11.9. The maximum atomic E-state index is 12.4. The lowest BCUT2D eigenvalue weighted by Gasteiger charge is -2.13. The van der Waals surface area contributed by atoms with Gasteiger partial charge in [0.15, 0.2) is 0 Å². The molecule has 0 aliphatic carbocycles. The minimum Gasteiger partial charge on any atom is -0.358 e. The number of carbonyl (C=O) groups excluding carboxylic acids is 1. The molecule has 0 saturated heterocycles. The van der Waals surface area contributed by atoms with E-state index in [9.17, 15) is 10.1 Å². The molecule has 0 saturated carbocycles. The topological polar surface area (TPSA) is 64.9 Å². The van der Waals surface area contributed by atoms with Crippen molar-refractivity contribution in [2.75, 3.05) is 10.6 Å². The van der Waals surface area contributed by atoms with E-state index in [0.29, 0.717) is 21.4 Å². The summed E-state index contributed by atoms with van der Waals surface area (Å²) in [7, 11) is 0. The van der Waals surface area contributed by atoms with E-state index in [-0.39, 0.29) is 11.5 Å². The SMILES string of the molecule is CC(C)c1ccccc1NC(=O)/C(C#N)=C\Nc1c(Cl)cccc1Cl. The van der Waals surface area contributed by atoms with Gasteiger partial charge in [-0.3, -0.25) is 4.79 Å². The summed E-state index contributed by atoms with van der Waals surface area (Å²) in [6.45, 7) is 4.07. The first kappa shape index (κ1) is 18.9. The summed E-state index contributed by atoms with van der Waals surface area (Å²) in [5, 5.41) is 15.7. The van der Waals surface area contributed by atoms with E-state index < -0.39 is 5.91 Å². The largest absolute Gasteiger partial charge is 0.358 e. The van der Waals surface area contributed by atoms with E-state index in [1.165, 1.54) is 6.20 Å². The summed E-state index contributed by atoms with van der Waals surface area (Å²) in [5.41, 5.74) is 2.03. The zero-order valence-electron chi connectivity index (χ0n) is 13.8. The van der Waals surface area contributed by atoms with E-state index in [4.69, 9.17) is 23.2 Å². The maximum absolute atomic E-state index is 12.4. The van der Waals surface area contributed by atoms with E-state index in [1.54, 1.807) is 24.3 Å². The van der Waals surface area contributed by atoms with Crippen molar-refractivity contribution >= 4 is 40.5 Å². The standard InChI is InChI=1S/C19H17Cl2N3O/c1-12(2)14-6-3-4-9-17(14)24-19(25)13(10-22)11-23-18-15(20)7-5-8-16(18)21/h3-9,11-12,23H,1-2H3,(H,24,25)/b13-11-. The maximum Gasteiger partial charge on any atom is 0.267 e. The van der Waals surface area contributed by atoms with Crippen LogP contribution < -0.4 is 10.6 Å². The Hall–Kier alpha value is -2.48. The third kappa shape index (κ3) is 4.76. The van der Waals surface area contributed by atoms with Gasteiger partial charge in [0.05, 0.1) is 15.7 Å². The molecule has 0 aliphatic heterocycles.